The number of likely N-dealkylation sites (N-methyl/N-ethyl adjacent to an activating group) is 1. The first-order valence-electron chi connectivity index (χ1n) is 8.55. The van der Waals surface area contributed by atoms with E-state index in [9.17, 15) is 9.18 Å². The number of nitrogens with zero attached hydrogens (tertiary/aromatic N) is 4. The van der Waals surface area contributed by atoms with Gasteiger partial charge in [0, 0.05) is 44.7 Å². The first-order chi connectivity index (χ1) is 12.6. The highest BCUT2D eigenvalue weighted by molar-refractivity contribution is 5.79. The van der Waals surface area contributed by atoms with E-state index in [4.69, 9.17) is 4.74 Å². The van der Waals surface area contributed by atoms with Gasteiger partial charge in [0.2, 0.25) is 0 Å². The molecule has 0 spiro atoms. The molecular formula is C19H23FN4O2. The number of fused-ring (bicyclic) bond motifs is 1. The summed E-state index contributed by atoms with van der Waals surface area (Å²) in [5.41, 5.74) is 1.17. The lowest BCUT2D eigenvalue weighted by molar-refractivity contribution is 0.187. The van der Waals surface area contributed by atoms with Crippen LogP contribution in [0.1, 0.15) is 5.56 Å². The number of halogens is 1. The van der Waals surface area contributed by atoms with Gasteiger partial charge in [-0.1, -0.05) is 0 Å². The molecule has 0 aliphatic carbocycles. The maximum absolute atomic E-state index is 13.7. The van der Waals surface area contributed by atoms with Crippen molar-refractivity contribution in [3.63, 3.8) is 0 Å². The SMILES string of the molecule is COCCn1c(=O)c(CN(C)CCn2cccn2)cc2ccc(F)cc21. The lowest BCUT2D eigenvalue weighted by atomic mass is 10.1. The molecule has 7 heteroatoms. The van der Waals surface area contributed by atoms with Gasteiger partial charge in [0.15, 0.2) is 0 Å². The largest absolute Gasteiger partial charge is 0.383 e. The monoisotopic (exact) mass is 358 g/mol. The Morgan fingerprint density at radius 2 is 2.12 bits per heavy atom. The summed E-state index contributed by atoms with van der Waals surface area (Å²) in [7, 11) is 3.55. The van der Waals surface area contributed by atoms with Crippen LogP contribution in [0.5, 0.6) is 0 Å². The Morgan fingerprint density at radius 1 is 1.27 bits per heavy atom. The van der Waals surface area contributed by atoms with Crippen molar-refractivity contribution in [1.82, 2.24) is 19.2 Å². The third kappa shape index (κ3) is 4.17. The molecular weight excluding hydrogens is 335 g/mol. The third-order valence-corrected chi connectivity index (χ3v) is 4.36. The van der Waals surface area contributed by atoms with E-state index in [0.29, 0.717) is 30.8 Å². The van der Waals surface area contributed by atoms with Crippen molar-refractivity contribution in [2.45, 2.75) is 19.6 Å². The van der Waals surface area contributed by atoms with E-state index in [2.05, 4.69) is 10.00 Å². The van der Waals surface area contributed by atoms with Crippen LogP contribution < -0.4 is 5.56 Å². The molecule has 3 rings (SSSR count). The zero-order chi connectivity index (χ0) is 18.5. The number of pyridine rings is 1. The highest BCUT2D eigenvalue weighted by atomic mass is 19.1. The minimum Gasteiger partial charge on any atom is -0.383 e. The van der Waals surface area contributed by atoms with Crippen molar-refractivity contribution >= 4 is 10.9 Å². The number of hydrogen-bond donors (Lipinski definition) is 0. The molecule has 0 radical (unpaired) electrons. The number of hydrogen-bond acceptors (Lipinski definition) is 4. The Bertz CT molecular complexity index is 921. The van der Waals surface area contributed by atoms with Crippen molar-refractivity contribution in [1.29, 1.82) is 0 Å². The summed E-state index contributed by atoms with van der Waals surface area (Å²) in [6, 6.07) is 8.26. The molecule has 0 amide bonds. The van der Waals surface area contributed by atoms with Gasteiger partial charge in [-0.3, -0.25) is 9.48 Å². The Hall–Kier alpha value is -2.51. The van der Waals surface area contributed by atoms with E-state index in [1.54, 1.807) is 23.9 Å². The normalized spacial score (nSPS) is 11.5. The van der Waals surface area contributed by atoms with Gasteiger partial charge in [0.05, 0.1) is 18.7 Å². The Labute approximate surface area is 151 Å². The van der Waals surface area contributed by atoms with E-state index in [1.165, 1.54) is 12.1 Å². The smallest absolute Gasteiger partial charge is 0.255 e. The fraction of sp³-hybridized carbons (Fsp3) is 0.368. The van der Waals surface area contributed by atoms with Crippen LogP contribution in [0.2, 0.25) is 0 Å². The van der Waals surface area contributed by atoms with Gasteiger partial charge >= 0.3 is 0 Å². The van der Waals surface area contributed by atoms with Crippen molar-refractivity contribution in [3.8, 4) is 0 Å². The van der Waals surface area contributed by atoms with Crippen molar-refractivity contribution in [2.24, 2.45) is 0 Å². The molecule has 26 heavy (non-hydrogen) atoms. The Morgan fingerprint density at radius 3 is 2.85 bits per heavy atom. The molecule has 1 aromatic carbocycles. The molecule has 3 aromatic rings. The summed E-state index contributed by atoms with van der Waals surface area (Å²) < 4.78 is 22.2. The highest BCUT2D eigenvalue weighted by Crippen LogP contribution is 2.16. The zero-order valence-corrected chi connectivity index (χ0v) is 15.1. The summed E-state index contributed by atoms with van der Waals surface area (Å²) in [4.78, 5) is 15.0. The summed E-state index contributed by atoms with van der Waals surface area (Å²) in [5.74, 6) is -0.354. The van der Waals surface area contributed by atoms with Crippen molar-refractivity contribution in [2.75, 3.05) is 27.3 Å². The van der Waals surface area contributed by atoms with E-state index in [-0.39, 0.29) is 11.4 Å². The second kappa shape index (κ2) is 8.25. The quantitative estimate of drug-likeness (QED) is 0.619. The predicted molar refractivity (Wildman–Crippen MR) is 98.6 cm³/mol. The van der Waals surface area contributed by atoms with Crippen molar-refractivity contribution in [3.05, 3.63) is 64.5 Å². The summed E-state index contributed by atoms with van der Waals surface area (Å²) in [6.45, 7) is 2.81. The summed E-state index contributed by atoms with van der Waals surface area (Å²) in [5, 5.41) is 5.03. The first kappa shape index (κ1) is 18.3. The first-order valence-corrected chi connectivity index (χ1v) is 8.55. The molecule has 0 aliphatic heterocycles. The number of rotatable bonds is 8. The molecule has 0 fully saturated rings. The van der Waals surface area contributed by atoms with Crippen LogP contribution in [0.15, 0.2) is 47.5 Å². The molecule has 6 nitrogen and oxygen atoms in total. The zero-order valence-electron chi connectivity index (χ0n) is 15.1. The van der Waals surface area contributed by atoms with Crippen LogP contribution in [-0.2, 0) is 24.4 Å². The molecule has 0 aliphatic rings. The lowest BCUT2D eigenvalue weighted by Gasteiger charge is -2.18. The molecule has 0 saturated carbocycles. The summed E-state index contributed by atoms with van der Waals surface area (Å²) >= 11 is 0. The van der Waals surface area contributed by atoms with Gasteiger partial charge in [0.1, 0.15) is 5.82 Å². The van der Waals surface area contributed by atoms with Gasteiger partial charge in [-0.25, -0.2) is 4.39 Å². The molecule has 0 saturated heterocycles. The number of methoxy groups -OCH3 is 1. The van der Waals surface area contributed by atoms with E-state index >= 15 is 0 Å². The van der Waals surface area contributed by atoms with Gasteiger partial charge in [-0.2, -0.15) is 5.10 Å². The second-order valence-electron chi connectivity index (χ2n) is 6.33. The lowest BCUT2D eigenvalue weighted by Crippen LogP contribution is -2.31. The third-order valence-electron chi connectivity index (χ3n) is 4.36. The molecule has 2 aromatic heterocycles. The average Bonchev–Trinajstić information content (AvgIpc) is 3.14. The second-order valence-corrected chi connectivity index (χ2v) is 6.33. The molecule has 138 valence electrons. The number of aromatic nitrogens is 3. The van der Waals surface area contributed by atoms with E-state index < -0.39 is 0 Å². The van der Waals surface area contributed by atoms with E-state index in [0.717, 1.165) is 18.5 Å². The van der Waals surface area contributed by atoms with Crippen LogP contribution >= 0.6 is 0 Å². The van der Waals surface area contributed by atoms with Gasteiger partial charge in [-0.05, 0) is 42.8 Å². The molecule has 0 N–H and O–H groups in total. The van der Waals surface area contributed by atoms with Crippen LogP contribution in [0.4, 0.5) is 4.39 Å². The topological polar surface area (TPSA) is 52.3 Å². The molecule has 0 atom stereocenters. The molecule has 0 unspecified atom stereocenters. The van der Waals surface area contributed by atoms with Crippen LogP contribution in [-0.4, -0.2) is 46.6 Å². The van der Waals surface area contributed by atoms with Gasteiger partial charge in [-0.15, -0.1) is 0 Å². The fourth-order valence-electron chi connectivity index (χ4n) is 3.00. The number of benzene rings is 1. The van der Waals surface area contributed by atoms with Crippen LogP contribution in [0.25, 0.3) is 10.9 Å². The Kier molecular flexibility index (Phi) is 5.80. The van der Waals surface area contributed by atoms with Gasteiger partial charge < -0.3 is 14.2 Å². The fourth-order valence-corrected chi connectivity index (χ4v) is 3.00. The maximum Gasteiger partial charge on any atom is 0.255 e. The van der Waals surface area contributed by atoms with Gasteiger partial charge in [0.25, 0.3) is 5.56 Å². The van der Waals surface area contributed by atoms with Crippen LogP contribution in [0, 0.1) is 5.82 Å². The minimum absolute atomic E-state index is 0.105. The summed E-state index contributed by atoms with van der Waals surface area (Å²) in [6.07, 6.45) is 3.66. The average molecular weight is 358 g/mol. The standard InChI is InChI=1S/C19H23FN4O2/c1-22(8-9-23-7-3-6-21-23)14-16-12-15-4-5-17(20)13-18(15)24(19(16)25)10-11-26-2/h3-7,12-13H,8-11,14H2,1-2H3. The van der Waals surface area contributed by atoms with Crippen molar-refractivity contribution < 1.29 is 9.13 Å². The van der Waals surface area contributed by atoms with E-state index in [1.807, 2.05) is 30.1 Å². The molecule has 0 bridgehead atoms. The highest BCUT2D eigenvalue weighted by Gasteiger charge is 2.12. The predicted octanol–water partition coefficient (Wildman–Crippen LogP) is 2.12. The minimum atomic E-state index is -0.354. The van der Waals surface area contributed by atoms with Crippen LogP contribution in [0.3, 0.4) is 0 Å². The number of ether oxygens (including phenoxy) is 1. The maximum atomic E-state index is 13.7. The molecule has 2 heterocycles. The Balaban J connectivity index is 1.86.